The van der Waals surface area contributed by atoms with E-state index in [2.05, 4.69) is 45.3 Å². The second-order valence-electron chi connectivity index (χ2n) is 4.61. The van der Waals surface area contributed by atoms with Crippen LogP contribution in [-0.4, -0.2) is 43.5 Å². The Bertz CT molecular complexity index is 391. The van der Waals surface area contributed by atoms with Crippen LogP contribution in [0.3, 0.4) is 0 Å². The van der Waals surface area contributed by atoms with Crippen LogP contribution in [0.15, 0.2) is 28.7 Å². The van der Waals surface area contributed by atoms with Crippen LogP contribution in [-0.2, 0) is 4.79 Å². The molecule has 0 bridgehead atoms. The van der Waals surface area contributed by atoms with E-state index >= 15 is 0 Å². The Balaban J connectivity index is 2.13. The van der Waals surface area contributed by atoms with Crippen molar-refractivity contribution in [2.75, 3.05) is 38.0 Å². The summed E-state index contributed by atoms with van der Waals surface area (Å²) in [5.74, 6) is -0.00448. The van der Waals surface area contributed by atoms with Crippen molar-refractivity contribution in [3.63, 3.8) is 0 Å². The zero-order valence-electron chi connectivity index (χ0n) is 12.3. The third-order valence-electron chi connectivity index (χ3n) is 3.14. The van der Waals surface area contributed by atoms with Gasteiger partial charge in [0.15, 0.2) is 0 Å². The molecule has 1 aromatic rings. The van der Waals surface area contributed by atoms with Crippen LogP contribution in [0.4, 0.5) is 5.69 Å². The van der Waals surface area contributed by atoms with Crippen LogP contribution in [0.1, 0.15) is 20.3 Å². The van der Waals surface area contributed by atoms with Crippen molar-refractivity contribution in [2.45, 2.75) is 20.3 Å². The molecular weight excluding hydrogens is 318 g/mol. The molecule has 0 saturated heterocycles. The standard InChI is InChI=1S/C15H24BrN3O/c1-3-19(4-2)11-5-10-17-12-15(20)18-14-8-6-13(16)7-9-14/h6-9,17H,3-5,10-12H2,1-2H3,(H,18,20). The lowest BCUT2D eigenvalue weighted by Crippen LogP contribution is -2.31. The molecule has 0 spiro atoms. The predicted octanol–water partition coefficient (Wildman–Crippen LogP) is 2.71. The van der Waals surface area contributed by atoms with Crippen LogP contribution < -0.4 is 10.6 Å². The number of carbonyl (C=O) groups excluding carboxylic acids is 1. The van der Waals surface area contributed by atoms with Crippen molar-refractivity contribution in [1.82, 2.24) is 10.2 Å². The summed E-state index contributed by atoms with van der Waals surface area (Å²) >= 11 is 3.37. The number of rotatable bonds is 9. The van der Waals surface area contributed by atoms with Gasteiger partial charge in [0, 0.05) is 10.2 Å². The van der Waals surface area contributed by atoms with E-state index in [1.807, 2.05) is 24.3 Å². The number of hydrogen-bond acceptors (Lipinski definition) is 3. The molecule has 0 aliphatic carbocycles. The normalized spacial score (nSPS) is 10.8. The molecule has 1 amide bonds. The first-order chi connectivity index (χ1) is 9.65. The van der Waals surface area contributed by atoms with Crippen LogP contribution in [0.5, 0.6) is 0 Å². The summed E-state index contributed by atoms with van der Waals surface area (Å²) in [5, 5.41) is 6.03. The number of hydrogen-bond donors (Lipinski definition) is 2. The minimum atomic E-state index is -0.00448. The van der Waals surface area contributed by atoms with Gasteiger partial charge < -0.3 is 15.5 Å². The largest absolute Gasteiger partial charge is 0.325 e. The monoisotopic (exact) mass is 341 g/mol. The quantitative estimate of drug-likeness (QED) is 0.679. The molecule has 5 heteroatoms. The highest BCUT2D eigenvalue weighted by Crippen LogP contribution is 2.13. The van der Waals surface area contributed by atoms with Gasteiger partial charge in [-0.05, 0) is 56.9 Å². The lowest BCUT2D eigenvalue weighted by atomic mass is 10.3. The van der Waals surface area contributed by atoms with E-state index in [9.17, 15) is 4.79 Å². The summed E-state index contributed by atoms with van der Waals surface area (Å²) in [6.45, 7) is 8.80. The Morgan fingerprint density at radius 2 is 1.85 bits per heavy atom. The van der Waals surface area contributed by atoms with Crippen molar-refractivity contribution in [3.05, 3.63) is 28.7 Å². The number of benzene rings is 1. The van der Waals surface area contributed by atoms with Gasteiger partial charge in [-0.15, -0.1) is 0 Å². The van der Waals surface area contributed by atoms with E-state index in [0.717, 1.165) is 42.8 Å². The van der Waals surface area contributed by atoms with Gasteiger partial charge in [0.05, 0.1) is 6.54 Å². The molecule has 0 radical (unpaired) electrons. The highest BCUT2D eigenvalue weighted by Gasteiger charge is 2.02. The number of halogens is 1. The topological polar surface area (TPSA) is 44.4 Å². The zero-order chi connectivity index (χ0) is 14.8. The van der Waals surface area contributed by atoms with E-state index in [1.165, 1.54) is 0 Å². The van der Waals surface area contributed by atoms with Gasteiger partial charge >= 0.3 is 0 Å². The molecule has 0 aliphatic heterocycles. The van der Waals surface area contributed by atoms with E-state index in [1.54, 1.807) is 0 Å². The first-order valence-electron chi connectivity index (χ1n) is 7.14. The molecule has 1 aromatic carbocycles. The maximum Gasteiger partial charge on any atom is 0.238 e. The molecule has 0 aliphatic rings. The molecule has 0 atom stereocenters. The van der Waals surface area contributed by atoms with Gasteiger partial charge in [0.1, 0.15) is 0 Å². The van der Waals surface area contributed by atoms with Crippen molar-refractivity contribution in [3.8, 4) is 0 Å². The summed E-state index contributed by atoms with van der Waals surface area (Å²) in [6.07, 6.45) is 1.06. The minimum absolute atomic E-state index is 0.00448. The van der Waals surface area contributed by atoms with E-state index in [4.69, 9.17) is 0 Å². The fourth-order valence-corrected chi connectivity index (χ4v) is 2.17. The smallest absolute Gasteiger partial charge is 0.238 e. The number of carbonyl (C=O) groups is 1. The van der Waals surface area contributed by atoms with Gasteiger partial charge in [-0.1, -0.05) is 29.8 Å². The zero-order valence-corrected chi connectivity index (χ0v) is 13.9. The maximum atomic E-state index is 11.7. The first kappa shape index (κ1) is 17.1. The van der Waals surface area contributed by atoms with Gasteiger partial charge in [0.25, 0.3) is 0 Å². The lowest BCUT2D eigenvalue weighted by molar-refractivity contribution is -0.115. The second kappa shape index (κ2) is 9.91. The third kappa shape index (κ3) is 7.03. The summed E-state index contributed by atoms with van der Waals surface area (Å²) in [7, 11) is 0. The summed E-state index contributed by atoms with van der Waals surface area (Å²) in [4.78, 5) is 14.1. The average molecular weight is 342 g/mol. The Morgan fingerprint density at radius 1 is 1.20 bits per heavy atom. The highest BCUT2D eigenvalue weighted by atomic mass is 79.9. The lowest BCUT2D eigenvalue weighted by Gasteiger charge is -2.17. The molecule has 0 aromatic heterocycles. The van der Waals surface area contributed by atoms with Gasteiger partial charge in [-0.3, -0.25) is 4.79 Å². The molecule has 2 N–H and O–H groups in total. The van der Waals surface area contributed by atoms with Crippen LogP contribution in [0.2, 0.25) is 0 Å². The fraction of sp³-hybridized carbons (Fsp3) is 0.533. The molecule has 0 unspecified atom stereocenters. The molecule has 112 valence electrons. The number of anilines is 1. The van der Waals surface area contributed by atoms with Crippen LogP contribution in [0, 0.1) is 0 Å². The average Bonchev–Trinajstić information content (AvgIpc) is 2.45. The van der Waals surface area contributed by atoms with Crippen molar-refractivity contribution >= 4 is 27.5 Å². The SMILES string of the molecule is CCN(CC)CCCNCC(=O)Nc1ccc(Br)cc1. The Kier molecular flexibility index (Phi) is 8.49. The Hall–Kier alpha value is -0.910. The third-order valence-corrected chi connectivity index (χ3v) is 3.66. The van der Waals surface area contributed by atoms with Crippen molar-refractivity contribution in [2.24, 2.45) is 0 Å². The number of amides is 1. The van der Waals surface area contributed by atoms with E-state index in [-0.39, 0.29) is 5.91 Å². The number of nitrogens with one attached hydrogen (secondary N) is 2. The molecular formula is C15H24BrN3O. The molecule has 20 heavy (non-hydrogen) atoms. The first-order valence-corrected chi connectivity index (χ1v) is 7.93. The maximum absolute atomic E-state index is 11.7. The van der Waals surface area contributed by atoms with Crippen molar-refractivity contribution in [1.29, 1.82) is 0 Å². The van der Waals surface area contributed by atoms with Gasteiger partial charge in [-0.25, -0.2) is 0 Å². The molecule has 0 fully saturated rings. The van der Waals surface area contributed by atoms with Gasteiger partial charge in [0.2, 0.25) is 5.91 Å². The predicted molar refractivity (Wildman–Crippen MR) is 88.0 cm³/mol. The Labute approximate surface area is 130 Å². The molecule has 4 nitrogen and oxygen atoms in total. The van der Waals surface area contributed by atoms with E-state index in [0.29, 0.717) is 6.54 Å². The molecule has 0 saturated carbocycles. The van der Waals surface area contributed by atoms with E-state index < -0.39 is 0 Å². The number of nitrogens with zero attached hydrogens (tertiary/aromatic N) is 1. The van der Waals surface area contributed by atoms with Crippen molar-refractivity contribution < 1.29 is 4.79 Å². The summed E-state index contributed by atoms with van der Waals surface area (Å²) < 4.78 is 1.00. The second-order valence-corrected chi connectivity index (χ2v) is 5.53. The van der Waals surface area contributed by atoms with Gasteiger partial charge in [-0.2, -0.15) is 0 Å². The minimum Gasteiger partial charge on any atom is -0.325 e. The summed E-state index contributed by atoms with van der Waals surface area (Å²) in [5.41, 5.74) is 0.822. The van der Waals surface area contributed by atoms with Crippen LogP contribution in [0.25, 0.3) is 0 Å². The van der Waals surface area contributed by atoms with Crippen LogP contribution >= 0.6 is 15.9 Å². The molecule has 0 heterocycles. The highest BCUT2D eigenvalue weighted by molar-refractivity contribution is 9.10. The fourth-order valence-electron chi connectivity index (χ4n) is 1.91. The molecule has 1 rings (SSSR count). The Morgan fingerprint density at radius 3 is 2.45 bits per heavy atom. The summed E-state index contributed by atoms with van der Waals surface area (Å²) in [6, 6.07) is 7.57.